The lowest BCUT2D eigenvalue weighted by Crippen LogP contribution is -2.08. The van der Waals surface area contributed by atoms with E-state index in [1.807, 2.05) is 115 Å². The third-order valence-electron chi connectivity index (χ3n) is 15.6. The molecule has 0 amide bonds. The largest absolute Gasteiger partial charge is 0.417 e. The van der Waals surface area contributed by atoms with Gasteiger partial charge in [0, 0.05) is 32.8 Å². The lowest BCUT2D eigenvalue weighted by atomic mass is 9.89. The predicted octanol–water partition coefficient (Wildman–Crippen LogP) is 18.1. The van der Waals surface area contributed by atoms with Gasteiger partial charge in [0.15, 0.2) is 0 Å². The number of nitrogens with zero attached hydrogens (tertiary/aromatic N) is 8. The molecule has 0 atom stereocenters. The molecule has 0 aliphatic carbocycles. The number of nitriles is 6. The van der Waals surface area contributed by atoms with Crippen LogP contribution in [-0.4, -0.2) is 9.13 Å². The second kappa shape index (κ2) is 20.4. The molecular formula is C73H37F3N8. The Kier molecular flexibility index (Phi) is 12.5. The Hall–Kier alpha value is -12.3. The first-order chi connectivity index (χ1) is 40.9. The summed E-state index contributed by atoms with van der Waals surface area (Å²) in [6, 6.07) is 80.8. The van der Waals surface area contributed by atoms with Gasteiger partial charge in [-0.05, 0) is 201 Å². The molecule has 2 aromatic heterocycles. The number of benzene rings is 11. The van der Waals surface area contributed by atoms with Crippen LogP contribution in [0.5, 0.6) is 0 Å². The molecule has 0 N–H and O–H groups in total. The Morgan fingerprint density at radius 3 is 0.952 bits per heavy atom. The normalized spacial score (nSPS) is 11.2. The summed E-state index contributed by atoms with van der Waals surface area (Å²) in [6.07, 6.45) is -4.88. The lowest BCUT2D eigenvalue weighted by molar-refractivity contribution is -0.137. The number of fused-ring (bicyclic) bond motifs is 6. The maximum absolute atomic E-state index is 15.6. The van der Waals surface area contributed by atoms with Gasteiger partial charge in [0.25, 0.3) is 0 Å². The molecule has 11 heteroatoms. The quantitative estimate of drug-likeness (QED) is 0.148. The molecule has 2 heterocycles. The molecule has 0 spiro atoms. The first kappa shape index (κ1) is 51.2. The van der Waals surface area contributed by atoms with E-state index in [4.69, 9.17) is 0 Å². The van der Waals surface area contributed by atoms with Gasteiger partial charge in [-0.15, -0.1) is 0 Å². The molecular weight excluding hydrogens is 1050 g/mol. The summed E-state index contributed by atoms with van der Waals surface area (Å²) in [5, 5.41) is 62.5. The maximum Gasteiger partial charge on any atom is 0.417 e. The monoisotopic (exact) mass is 1080 g/mol. The molecule has 0 saturated heterocycles. The third kappa shape index (κ3) is 8.87. The fourth-order valence-electron chi connectivity index (χ4n) is 11.5. The van der Waals surface area contributed by atoms with Crippen LogP contribution in [-0.2, 0) is 6.18 Å². The molecule has 0 unspecified atom stereocenters. The number of alkyl halides is 3. The zero-order chi connectivity index (χ0) is 57.8. The van der Waals surface area contributed by atoms with Crippen LogP contribution in [0, 0.1) is 68.0 Å². The summed E-state index contributed by atoms with van der Waals surface area (Å²) in [5.41, 5.74) is 13.4. The highest BCUT2D eigenvalue weighted by Gasteiger charge is 2.35. The molecule has 8 nitrogen and oxygen atoms in total. The molecule has 13 aromatic rings. The zero-order valence-corrected chi connectivity index (χ0v) is 44.1. The molecule has 0 aliphatic heterocycles. The number of rotatable bonds is 8. The summed E-state index contributed by atoms with van der Waals surface area (Å²) < 4.78 is 50.8. The van der Waals surface area contributed by atoms with E-state index in [9.17, 15) is 31.6 Å². The van der Waals surface area contributed by atoms with Crippen LogP contribution >= 0.6 is 0 Å². The topological polar surface area (TPSA) is 153 Å². The Balaban J connectivity index is 1.10. The minimum absolute atomic E-state index is 0.159. The molecule has 13 rings (SSSR count). The van der Waals surface area contributed by atoms with E-state index >= 15 is 13.2 Å². The van der Waals surface area contributed by atoms with Crippen molar-refractivity contribution in [3.63, 3.8) is 0 Å². The van der Waals surface area contributed by atoms with E-state index in [0.29, 0.717) is 44.8 Å². The van der Waals surface area contributed by atoms with E-state index in [1.54, 1.807) is 72.8 Å². The lowest BCUT2D eigenvalue weighted by Gasteiger charge is -2.21. The smallest absolute Gasteiger partial charge is 0.309 e. The molecule has 0 bridgehead atoms. The van der Waals surface area contributed by atoms with Crippen LogP contribution in [0.4, 0.5) is 13.2 Å². The molecule has 0 fully saturated rings. The van der Waals surface area contributed by atoms with Crippen molar-refractivity contribution in [2.24, 2.45) is 0 Å². The zero-order valence-electron chi connectivity index (χ0n) is 44.1. The number of halogens is 3. The first-order valence-electron chi connectivity index (χ1n) is 26.5. The Bertz CT molecular complexity index is 4930. The SMILES string of the molecule is N#Cc1ccc(-c2ccc3c(c2)c2cc(-c4ccc(C#N)cc4)ccc2n3-c2ccc(-c3ccc(C#N)cc3C(F)(F)F)c(-c3cc(C#N)ccc3-n3c4ccc(-c5ccc(C#N)cc5)cc4c4cc(-c5ccc(C#N)cc5)ccc43)c2)cc1. The van der Waals surface area contributed by atoms with Crippen LogP contribution in [0.2, 0.25) is 0 Å². The van der Waals surface area contributed by atoms with Crippen molar-refractivity contribution in [2.45, 2.75) is 6.18 Å². The number of aromatic nitrogens is 2. The highest BCUT2D eigenvalue weighted by molar-refractivity contribution is 6.14. The Morgan fingerprint density at radius 1 is 0.262 bits per heavy atom. The van der Waals surface area contributed by atoms with Gasteiger partial charge >= 0.3 is 6.18 Å². The van der Waals surface area contributed by atoms with Crippen LogP contribution < -0.4 is 0 Å². The molecule has 0 radical (unpaired) electrons. The predicted molar refractivity (Wildman–Crippen MR) is 321 cm³/mol. The Labute approximate surface area is 479 Å². The van der Waals surface area contributed by atoms with Gasteiger partial charge in [-0.1, -0.05) is 84.9 Å². The molecule has 390 valence electrons. The molecule has 0 aliphatic rings. The van der Waals surface area contributed by atoms with E-state index in [0.717, 1.165) is 94.2 Å². The van der Waals surface area contributed by atoms with Crippen molar-refractivity contribution < 1.29 is 13.2 Å². The van der Waals surface area contributed by atoms with Crippen molar-refractivity contribution in [3.05, 3.63) is 263 Å². The van der Waals surface area contributed by atoms with Gasteiger partial charge in [0.2, 0.25) is 0 Å². The summed E-state index contributed by atoms with van der Waals surface area (Å²) in [6.45, 7) is 0. The minimum atomic E-state index is -4.88. The summed E-state index contributed by atoms with van der Waals surface area (Å²) in [4.78, 5) is 0. The van der Waals surface area contributed by atoms with E-state index in [-0.39, 0.29) is 22.3 Å². The van der Waals surface area contributed by atoms with Crippen molar-refractivity contribution in [2.75, 3.05) is 0 Å². The Morgan fingerprint density at radius 2 is 0.583 bits per heavy atom. The maximum atomic E-state index is 15.6. The number of hydrogen-bond acceptors (Lipinski definition) is 6. The fourth-order valence-corrected chi connectivity index (χ4v) is 11.5. The van der Waals surface area contributed by atoms with Crippen molar-refractivity contribution in [3.8, 4) is 115 Å². The van der Waals surface area contributed by atoms with Crippen molar-refractivity contribution in [1.29, 1.82) is 31.6 Å². The van der Waals surface area contributed by atoms with Gasteiger partial charge in [-0.2, -0.15) is 44.7 Å². The van der Waals surface area contributed by atoms with E-state index in [1.165, 1.54) is 12.1 Å². The second-order valence-electron chi connectivity index (χ2n) is 20.3. The molecule has 0 saturated carbocycles. The highest BCUT2D eigenvalue weighted by atomic mass is 19.4. The van der Waals surface area contributed by atoms with Crippen LogP contribution in [0.1, 0.15) is 38.9 Å². The van der Waals surface area contributed by atoms with Crippen molar-refractivity contribution in [1.82, 2.24) is 9.13 Å². The van der Waals surface area contributed by atoms with Crippen LogP contribution in [0.15, 0.2) is 224 Å². The van der Waals surface area contributed by atoms with E-state index < -0.39 is 11.7 Å². The highest BCUT2D eigenvalue weighted by Crippen LogP contribution is 2.47. The van der Waals surface area contributed by atoms with Crippen LogP contribution in [0.25, 0.3) is 122 Å². The van der Waals surface area contributed by atoms with Gasteiger partial charge < -0.3 is 9.13 Å². The standard InChI is InChI=1S/C73H37F3N8/c74-73(75,76)67-32-49(43-82)9-24-60(67)59-25-23-58(83-68-27-19-54(50-11-1-44(38-77)2-12-50)33-63(68)64-34-55(20-28-69(64)83)51-13-3-45(39-78)4-14-51)37-61(59)62-31-48(42-81)10-26-70(62)84-71-29-21-56(52-15-5-46(40-79)6-16-52)35-65(71)66-36-57(22-30-72(66)84)53-17-7-47(41-80)8-18-53/h1-37H. The fraction of sp³-hybridized carbons (Fsp3) is 0.0137. The molecule has 11 aromatic carbocycles. The van der Waals surface area contributed by atoms with Crippen molar-refractivity contribution >= 4 is 43.6 Å². The number of hydrogen-bond donors (Lipinski definition) is 0. The summed E-state index contributed by atoms with van der Waals surface area (Å²) >= 11 is 0. The van der Waals surface area contributed by atoms with Gasteiger partial charge in [-0.25, -0.2) is 0 Å². The van der Waals surface area contributed by atoms with Gasteiger partial charge in [0.05, 0.1) is 103 Å². The van der Waals surface area contributed by atoms with Crippen LogP contribution in [0.3, 0.4) is 0 Å². The molecule has 84 heavy (non-hydrogen) atoms. The minimum Gasteiger partial charge on any atom is -0.309 e. The van der Waals surface area contributed by atoms with Gasteiger partial charge in [-0.3, -0.25) is 0 Å². The summed E-state index contributed by atoms with van der Waals surface area (Å²) in [5.74, 6) is 0. The van der Waals surface area contributed by atoms with Gasteiger partial charge in [0.1, 0.15) is 0 Å². The summed E-state index contributed by atoms with van der Waals surface area (Å²) in [7, 11) is 0. The average molecular weight is 1080 g/mol. The third-order valence-corrected chi connectivity index (χ3v) is 15.6. The van der Waals surface area contributed by atoms with E-state index in [2.05, 4.69) is 63.7 Å². The first-order valence-corrected chi connectivity index (χ1v) is 26.5. The second-order valence-corrected chi connectivity index (χ2v) is 20.3. The average Bonchev–Trinajstić information content (AvgIpc) is 3.35.